The van der Waals surface area contributed by atoms with Gasteiger partial charge in [-0.15, -0.1) is 0 Å². The molecule has 0 aliphatic heterocycles. The summed E-state index contributed by atoms with van der Waals surface area (Å²) in [5, 5.41) is 2.64. The van der Waals surface area contributed by atoms with E-state index in [1.807, 2.05) is 12.1 Å². The van der Waals surface area contributed by atoms with Crippen LogP contribution >= 0.6 is 0 Å². The molecule has 0 aliphatic rings. The van der Waals surface area contributed by atoms with Gasteiger partial charge >= 0.3 is 0 Å². The molecule has 4 nitrogen and oxygen atoms in total. The van der Waals surface area contributed by atoms with E-state index in [1.165, 1.54) is 0 Å². The molecule has 1 rings (SSSR count). The number of carbonyl (C=O) groups is 2. The van der Waals surface area contributed by atoms with Crippen LogP contribution in [0.3, 0.4) is 0 Å². The Hall–Kier alpha value is -1.84. The maximum atomic E-state index is 10.9. The summed E-state index contributed by atoms with van der Waals surface area (Å²) < 4.78 is 5.90. The van der Waals surface area contributed by atoms with Gasteiger partial charge in [0.05, 0.1) is 5.56 Å². The van der Waals surface area contributed by atoms with Crippen LogP contribution in [0.5, 0.6) is 5.75 Å². The minimum atomic E-state index is 0.0218. The van der Waals surface area contributed by atoms with Crippen LogP contribution < -0.4 is 10.1 Å². The zero-order valence-electron chi connectivity index (χ0n) is 11.3. The van der Waals surface area contributed by atoms with Crippen molar-refractivity contribution in [3.63, 3.8) is 0 Å². The number of para-hydroxylation sites is 1. The summed E-state index contributed by atoms with van der Waals surface area (Å²) in [5.74, 6) is 0.615. The Kier molecular flexibility index (Phi) is 7.32. The van der Waals surface area contributed by atoms with Gasteiger partial charge in [-0.2, -0.15) is 0 Å². The van der Waals surface area contributed by atoms with Crippen molar-refractivity contribution >= 4 is 12.7 Å². The largest absolute Gasteiger partial charge is 0.490 e. The van der Waals surface area contributed by atoms with Crippen LogP contribution in [0.4, 0.5) is 0 Å². The predicted octanol–water partition coefficient (Wildman–Crippen LogP) is 2.57. The van der Waals surface area contributed by atoms with Gasteiger partial charge < -0.3 is 10.1 Å². The first-order chi connectivity index (χ1) is 9.31. The van der Waals surface area contributed by atoms with Gasteiger partial charge in [-0.05, 0) is 18.6 Å². The Balaban J connectivity index is 2.63. The average Bonchev–Trinajstić information content (AvgIpc) is 2.45. The minimum Gasteiger partial charge on any atom is -0.490 e. The van der Waals surface area contributed by atoms with Gasteiger partial charge in [0.25, 0.3) is 0 Å². The smallest absolute Gasteiger partial charge is 0.207 e. The van der Waals surface area contributed by atoms with Crippen molar-refractivity contribution in [1.82, 2.24) is 5.32 Å². The van der Waals surface area contributed by atoms with E-state index < -0.39 is 0 Å². The van der Waals surface area contributed by atoms with Gasteiger partial charge in [0.2, 0.25) is 6.41 Å². The highest BCUT2D eigenvalue weighted by atomic mass is 16.5. The Bertz CT molecular complexity index is 393. The van der Waals surface area contributed by atoms with Crippen LogP contribution in [-0.4, -0.2) is 25.3 Å². The second kappa shape index (κ2) is 9.14. The molecule has 104 valence electrons. The summed E-state index contributed by atoms with van der Waals surface area (Å²) in [6, 6.07) is 7.20. The van der Waals surface area contributed by atoms with Crippen LogP contribution in [0.15, 0.2) is 24.3 Å². The van der Waals surface area contributed by atoms with Crippen molar-refractivity contribution in [3.05, 3.63) is 29.8 Å². The van der Waals surface area contributed by atoms with Crippen molar-refractivity contribution in [2.45, 2.75) is 38.7 Å². The summed E-state index contributed by atoms with van der Waals surface area (Å²) in [5.41, 5.74) is 0.562. The molecule has 0 saturated carbocycles. The molecule has 0 aliphatic carbocycles. The second-order valence-corrected chi connectivity index (χ2v) is 4.40. The Labute approximate surface area is 114 Å². The number of unbranched alkanes of at least 4 members (excludes halogenated alkanes) is 1. The lowest BCUT2D eigenvalue weighted by molar-refractivity contribution is -0.109. The highest BCUT2D eigenvalue weighted by Gasteiger charge is 2.12. The Morgan fingerprint density at radius 2 is 2.05 bits per heavy atom. The number of aldehydes is 1. The summed E-state index contributed by atoms with van der Waals surface area (Å²) in [6.07, 6.45) is 5.33. The van der Waals surface area contributed by atoms with E-state index in [0.29, 0.717) is 24.3 Å². The number of rotatable bonds is 10. The average molecular weight is 263 g/mol. The van der Waals surface area contributed by atoms with E-state index in [1.54, 1.807) is 12.1 Å². The van der Waals surface area contributed by atoms with Crippen molar-refractivity contribution < 1.29 is 14.3 Å². The zero-order valence-corrected chi connectivity index (χ0v) is 11.3. The molecule has 4 heteroatoms. The van der Waals surface area contributed by atoms with Gasteiger partial charge in [-0.25, -0.2) is 0 Å². The van der Waals surface area contributed by atoms with Gasteiger partial charge in [0.15, 0.2) is 6.29 Å². The fourth-order valence-corrected chi connectivity index (χ4v) is 1.86. The SMILES string of the molecule is CCCCC(CCNC=O)Oc1ccccc1C=O. The van der Waals surface area contributed by atoms with Gasteiger partial charge in [0.1, 0.15) is 11.9 Å². The summed E-state index contributed by atoms with van der Waals surface area (Å²) >= 11 is 0. The van der Waals surface area contributed by atoms with Crippen LogP contribution in [0, 0.1) is 0 Å². The summed E-state index contributed by atoms with van der Waals surface area (Å²) in [4.78, 5) is 21.2. The summed E-state index contributed by atoms with van der Waals surface area (Å²) in [7, 11) is 0. The molecule has 0 bridgehead atoms. The molecule has 0 heterocycles. The van der Waals surface area contributed by atoms with Crippen molar-refractivity contribution in [3.8, 4) is 5.75 Å². The summed E-state index contributed by atoms with van der Waals surface area (Å²) in [6.45, 7) is 2.71. The first-order valence-electron chi connectivity index (χ1n) is 6.69. The Morgan fingerprint density at radius 1 is 1.26 bits per heavy atom. The van der Waals surface area contributed by atoms with E-state index >= 15 is 0 Å². The molecule has 1 amide bonds. The lowest BCUT2D eigenvalue weighted by Crippen LogP contribution is -2.24. The normalized spacial score (nSPS) is 11.6. The molecule has 1 N–H and O–H groups in total. The van der Waals surface area contributed by atoms with Crippen molar-refractivity contribution in [2.24, 2.45) is 0 Å². The number of hydrogen-bond acceptors (Lipinski definition) is 3. The maximum absolute atomic E-state index is 10.9. The first-order valence-corrected chi connectivity index (χ1v) is 6.69. The fourth-order valence-electron chi connectivity index (χ4n) is 1.86. The quantitative estimate of drug-likeness (QED) is 0.521. The molecule has 0 radical (unpaired) electrons. The lowest BCUT2D eigenvalue weighted by Gasteiger charge is -2.19. The van der Waals surface area contributed by atoms with E-state index in [4.69, 9.17) is 4.74 Å². The lowest BCUT2D eigenvalue weighted by atomic mass is 10.1. The van der Waals surface area contributed by atoms with Crippen LogP contribution in [0.25, 0.3) is 0 Å². The topological polar surface area (TPSA) is 55.4 Å². The fraction of sp³-hybridized carbons (Fsp3) is 0.467. The van der Waals surface area contributed by atoms with Crippen LogP contribution in [0.1, 0.15) is 43.0 Å². The number of carbonyl (C=O) groups excluding carboxylic acids is 2. The molecule has 19 heavy (non-hydrogen) atoms. The number of benzene rings is 1. The highest BCUT2D eigenvalue weighted by Crippen LogP contribution is 2.20. The highest BCUT2D eigenvalue weighted by molar-refractivity contribution is 5.79. The number of nitrogens with one attached hydrogen (secondary N) is 1. The molecule has 0 aromatic heterocycles. The third-order valence-electron chi connectivity index (χ3n) is 2.91. The molecular weight excluding hydrogens is 242 g/mol. The van der Waals surface area contributed by atoms with Crippen LogP contribution in [0.2, 0.25) is 0 Å². The minimum absolute atomic E-state index is 0.0218. The number of hydrogen-bond donors (Lipinski definition) is 1. The molecule has 0 fully saturated rings. The first kappa shape index (κ1) is 15.2. The third kappa shape index (κ3) is 5.55. The van der Waals surface area contributed by atoms with E-state index in [-0.39, 0.29) is 6.10 Å². The van der Waals surface area contributed by atoms with E-state index in [9.17, 15) is 9.59 Å². The van der Waals surface area contributed by atoms with Gasteiger partial charge in [0, 0.05) is 13.0 Å². The van der Waals surface area contributed by atoms with Crippen molar-refractivity contribution in [1.29, 1.82) is 0 Å². The van der Waals surface area contributed by atoms with E-state index in [2.05, 4.69) is 12.2 Å². The molecule has 1 aromatic carbocycles. The van der Waals surface area contributed by atoms with Gasteiger partial charge in [-0.3, -0.25) is 9.59 Å². The van der Waals surface area contributed by atoms with Gasteiger partial charge in [-0.1, -0.05) is 31.9 Å². The molecule has 1 aromatic rings. The molecule has 1 atom stereocenters. The third-order valence-corrected chi connectivity index (χ3v) is 2.91. The second-order valence-electron chi connectivity index (χ2n) is 4.40. The molecule has 1 unspecified atom stereocenters. The molecule has 0 spiro atoms. The molecular formula is C15H21NO3. The zero-order chi connectivity index (χ0) is 13.9. The standard InChI is InChI=1S/C15H21NO3/c1-2-3-7-14(9-10-16-12-18)19-15-8-5-4-6-13(15)11-17/h4-6,8,11-12,14H,2-3,7,9-10H2,1H3,(H,16,18). The maximum Gasteiger partial charge on any atom is 0.207 e. The number of amides is 1. The monoisotopic (exact) mass is 263 g/mol. The Morgan fingerprint density at radius 3 is 2.74 bits per heavy atom. The number of ether oxygens (including phenoxy) is 1. The van der Waals surface area contributed by atoms with Crippen molar-refractivity contribution in [2.75, 3.05) is 6.54 Å². The van der Waals surface area contributed by atoms with Crippen LogP contribution in [-0.2, 0) is 4.79 Å². The predicted molar refractivity (Wildman–Crippen MR) is 74.5 cm³/mol. The molecule has 0 saturated heterocycles. The van der Waals surface area contributed by atoms with E-state index in [0.717, 1.165) is 32.0 Å².